The fraction of sp³-hybridized carbons (Fsp3) is 0.615. The zero-order valence-electron chi connectivity index (χ0n) is 12.3. The van der Waals surface area contributed by atoms with Gasteiger partial charge in [-0.1, -0.05) is 0 Å². The van der Waals surface area contributed by atoms with Crippen molar-refractivity contribution in [3.05, 3.63) is 22.1 Å². The van der Waals surface area contributed by atoms with Gasteiger partial charge in [0.05, 0.1) is 17.6 Å². The number of halogens is 1. The van der Waals surface area contributed by atoms with E-state index in [0.29, 0.717) is 23.4 Å². The van der Waals surface area contributed by atoms with Gasteiger partial charge in [-0.3, -0.25) is 4.68 Å². The quantitative estimate of drug-likeness (QED) is 0.824. The molecule has 1 amide bonds. The smallest absolute Gasteiger partial charge is 0.410 e. The van der Waals surface area contributed by atoms with Crippen molar-refractivity contribution in [2.45, 2.75) is 31.9 Å². The zero-order valence-corrected chi connectivity index (χ0v) is 13.8. The largest absolute Gasteiger partial charge is 0.444 e. The van der Waals surface area contributed by atoms with E-state index in [2.05, 4.69) is 25.9 Å². The average molecular weight is 356 g/mol. The highest BCUT2D eigenvalue weighted by atomic mass is 79.9. The van der Waals surface area contributed by atoms with Gasteiger partial charge < -0.3 is 20.2 Å². The van der Waals surface area contributed by atoms with E-state index in [4.69, 9.17) is 17.0 Å². The highest BCUT2D eigenvalue weighted by Crippen LogP contribution is 2.33. The fourth-order valence-electron chi connectivity index (χ4n) is 2.19. The number of hydrogen-bond acceptors (Lipinski definition) is 4. The van der Waals surface area contributed by atoms with Crippen molar-refractivity contribution < 1.29 is 9.53 Å². The monoisotopic (exact) mass is 355 g/mol. The van der Waals surface area contributed by atoms with Gasteiger partial charge in [-0.25, -0.2) is 11.4 Å². The number of nitrogens with zero attached hydrogens (tertiary/aromatic N) is 4. The van der Waals surface area contributed by atoms with E-state index in [1.165, 1.54) is 0 Å². The number of likely N-dealkylation sites (tertiary alicyclic amines) is 1. The highest BCUT2D eigenvalue weighted by molar-refractivity contribution is 9.10. The average Bonchev–Trinajstić information content (AvgIpc) is 2.61. The number of carbonyl (C=O) groups excluding carboxylic acids is 1. The molecule has 2 rings (SSSR count). The van der Waals surface area contributed by atoms with Crippen molar-refractivity contribution in [1.29, 1.82) is 0 Å². The van der Waals surface area contributed by atoms with Gasteiger partial charge in [0.1, 0.15) is 5.60 Å². The number of rotatable bonds is 2. The molecule has 0 aliphatic carbocycles. The lowest BCUT2D eigenvalue weighted by Gasteiger charge is -2.46. The van der Waals surface area contributed by atoms with Crippen LogP contribution in [0.4, 0.5) is 10.6 Å². The van der Waals surface area contributed by atoms with Crippen molar-refractivity contribution in [1.82, 2.24) is 14.7 Å². The Kier molecular flexibility index (Phi) is 3.89. The lowest BCUT2D eigenvalue weighted by Crippen LogP contribution is -2.66. The second-order valence-corrected chi connectivity index (χ2v) is 7.04. The molecule has 1 aliphatic rings. The molecule has 1 saturated heterocycles. The van der Waals surface area contributed by atoms with Crippen LogP contribution in [0.2, 0.25) is 0 Å². The minimum atomic E-state index is -0.533. The Balaban J connectivity index is 2.12. The van der Waals surface area contributed by atoms with Crippen LogP contribution in [0.3, 0.4) is 0 Å². The third kappa shape index (κ3) is 3.13. The van der Waals surface area contributed by atoms with Crippen molar-refractivity contribution >= 4 is 27.8 Å². The van der Waals surface area contributed by atoms with Gasteiger partial charge in [0.2, 0.25) is 6.54 Å². The molecule has 2 heterocycles. The number of nitrogens with two attached hydrogens (primary N) is 1. The Morgan fingerprint density at radius 2 is 2.24 bits per heavy atom. The van der Waals surface area contributed by atoms with E-state index in [-0.39, 0.29) is 12.6 Å². The number of amides is 1. The summed E-state index contributed by atoms with van der Waals surface area (Å²) in [5.74, 6) is 0.370. The van der Waals surface area contributed by atoms with Crippen LogP contribution in [0.25, 0.3) is 4.85 Å². The molecule has 0 bridgehead atoms. The molecular formula is C13H18BrN5O2. The van der Waals surface area contributed by atoms with Gasteiger partial charge in [0, 0.05) is 6.20 Å². The van der Waals surface area contributed by atoms with Gasteiger partial charge in [0.25, 0.3) is 0 Å². The summed E-state index contributed by atoms with van der Waals surface area (Å²) in [6.45, 7) is 13.6. The van der Waals surface area contributed by atoms with Crippen molar-refractivity contribution in [2.24, 2.45) is 0 Å². The Morgan fingerprint density at radius 1 is 1.62 bits per heavy atom. The molecule has 1 fully saturated rings. The molecule has 0 radical (unpaired) electrons. The zero-order chi connectivity index (χ0) is 15.8. The Hall–Kier alpha value is -1.75. The maximum atomic E-state index is 12.0. The number of hydrogen-bond donors (Lipinski definition) is 1. The first-order valence-electron chi connectivity index (χ1n) is 6.49. The van der Waals surface area contributed by atoms with Crippen LogP contribution < -0.4 is 5.73 Å². The standard InChI is InChI=1S/C13H18BrN5O2/c1-12(2,3)21-11(20)18-7-13(8-18,6-16-4)19-5-9(14)10(15)17-19/h5H,6-8H2,1-3H3,(H2,15,17). The summed E-state index contributed by atoms with van der Waals surface area (Å²) in [5.41, 5.74) is 4.67. The summed E-state index contributed by atoms with van der Waals surface area (Å²) in [6, 6.07) is 0. The predicted molar refractivity (Wildman–Crippen MR) is 81.6 cm³/mol. The molecule has 0 aromatic carbocycles. The van der Waals surface area contributed by atoms with Crippen molar-refractivity contribution in [3.8, 4) is 0 Å². The Labute approximate surface area is 132 Å². The van der Waals surface area contributed by atoms with Crippen LogP contribution in [-0.2, 0) is 10.3 Å². The molecule has 7 nitrogen and oxygen atoms in total. The molecule has 21 heavy (non-hydrogen) atoms. The first-order chi connectivity index (χ1) is 9.67. The van der Waals surface area contributed by atoms with E-state index in [1.807, 2.05) is 20.8 Å². The lowest BCUT2D eigenvalue weighted by atomic mass is 9.90. The number of anilines is 1. The summed E-state index contributed by atoms with van der Waals surface area (Å²) in [4.78, 5) is 17.0. The molecule has 1 aromatic heterocycles. The molecule has 1 aliphatic heterocycles. The third-order valence-electron chi connectivity index (χ3n) is 3.18. The molecule has 0 spiro atoms. The predicted octanol–water partition coefficient (Wildman–Crippen LogP) is 2.09. The van der Waals surface area contributed by atoms with Crippen LogP contribution in [0.15, 0.2) is 10.7 Å². The van der Waals surface area contributed by atoms with Crippen LogP contribution in [0, 0.1) is 6.57 Å². The first-order valence-corrected chi connectivity index (χ1v) is 7.28. The van der Waals surface area contributed by atoms with E-state index in [1.54, 1.807) is 15.8 Å². The summed E-state index contributed by atoms with van der Waals surface area (Å²) in [5, 5.41) is 4.22. The lowest BCUT2D eigenvalue weighted by molar-refractivity contribution is -0.0273. The molecule has 8 heteroatoms. The van der Waals surface area contributed by atoms with Gasteiger partial charge in [-0.15, -0.1) is 0 Å². The van der Waals surface area contributed by atoms with Gasteiger partial charge in [0.15, 0.2) is 11.4 Å². The molecular weight excluding hydrogens is 338 g/mol. The van der Waals surface area contributed by atoms with Crippen LogP contribution >= 0.6 is 15.9 Å². The molecule has 0 saturated carbocycles. The summed E-state index contributed by atoms with van der Waals surface area (Å²) in [6.07, 6.45) is 1.37. The van der Waals surface area contributed by atoms with E-state index in [0.717, 1.165) is 0 Å². The maximum absolute atomic E-state index is 12.0. The first kappa shape index (κ1) is 15.6. The van der Waals surface area contributed by atoms with E-state index >= 15 is 0 Å². The van der Waals surface area contributed by atoms with E-state index in [9.17, 15) is 4.79 Å². The number of carbonyl (C=O) groups is 1. The summed E-state index contributed by atoms with van der Waals surface area (Å²) in [7, 11) is 0. The van der Waals surface area contributed by atoms with Crippen LogP contribution in [0.1, 0.15) is 20.8 Å². The summed E-state index contributed by atoms with van der Waals surface area (Å²) < 4.78 is 7.68. The van der Waals surface area contributed by atoms with Crippen molar-refractivity contribution in [3.63, 3.8) is 0 Å². The molecule has 1 aromatic rings. The number of ether oxygens (including phenoxy) is 1. The van der Waals surface area contributed by atoms with Gasteiger partial charge >= 0.3 is 6.09 Å². The second-order valence-electron chi connectivity index (χ2n) is 6.18. The minimum Gasteiger partial charge on any atom is -0.444 e. The second kappa shape index (κ2) is 5.22. The van der Waals surface area contributed by atoms with Gasteiger partial charge in [-0.2, -0.15) is 5.10 Å². The van der Waals surface area contributed by atoms with E-state index < -0.39 is 11.1 Å². The molecule has 0 atom stereocenters. The fourth-order valence-corrected chi connectivity index (χ4v) is 2.47. The van der Waals surface area contributed by atoms with Gasteiger partial charge in [-0.05, 0) is 36.7 Å². The van der Waals surface area contributed by atoms with Crippen molar-refractivity contribution in [2.75, 3.05) is 25.4 Å². The molecule has 2 N–H and O–H groups in total. The molecule has 114 valence electrons. The van der Waals surface area contributed by atoms with Crippen LogP contribution in [-0.4, -0.2) is 46.0 Å². The van der Waals surface area contributed by atoms with Crippen LogP contribution in [0.5, 0.6) is 0 Å². The SMILES string of the molecule is [C-]#[N+]CC1(n2cc(Br)c(N)n2)CN(C(=O)OC(C)(C)C)C1. The summed E-state index contributed by atoms with van der Waals surface area (Å²) >= 11 is 3.31. The maximum Gasteiger partial charge on any atom is 0.410 e. The normalized spacial score (nSPS) is 17.0. The Bertz CT molecular complexity index is 573. The Morgan fingerprint density at radius 3 is 2.67 bits per heavy atom. The minimum absolute atomic E-state index is 0.236. The molecule has 0 unspecified atom stereocenters. The third-order valence-corrected chi connectivity index (χ3v) is 3.79. The number of nitrogen functional groups attached to an aromatic ring is 1. The number of aromatic nitrogens is 2. The highest BCUT2D eigenvalue weighted by Gasteiger charge is 2.51. The topological polar surface area (TPSA) is 77.7 Å².